The summed E-state index contributed by atoms with van der Waals surface area (Å²) in [7, 11) is 0. The third-order valence-corrected chi connectivity index (χ3v) is 2.42. The van der Waals surface area contributed by atoms with Crippen molar-refractivity contribution in [3.63, 3.8) is 0 Å². The van der Waals surface area contributed by atoms with Crippen molar-refractivity contribution in [1.82, 2.24) is 4.37 Å². The first-order valence-electron chi connectivity index (χ1n) is 3.61. The quantitative estimate of drug-likeness (QED) is 0.605. The molecule has 7 heteroatoms. The summed E-state index contributed by atoms with van der Waals surface area (Å²) in [6, 6.07) is 3.61. The summed E-state index contributed by atoms with van der Waals surface area (Å²) in [4.78, 5) is 0. The van der Waals surface area contributed by atoms with Gasteiger partial charge >= 0.3 is 58.4 Å². The molecule has 0 amide bonds. The maximum absolute atomic E-state index is 12.3. The number of rotatable bonds is 1. The molecule has 0 bridgehead atoms. The predicted molar refractivity (Wildman–Crippen MR) is 48.3 cm³/mol. The van der Waals surface area contributed by atoms with Gasteiger partial charge in [0.05, 0.1) is 5.52 Å². The molecule has 0 fully saturated rings. The topological polar surface area (TPSA) is 12.9 Å². The van der Waals surface area contributed by atoms with Crippen LogP contribution in [0.3, 0.4) is 0 Å². The molecular formula is C7H4BF3KNS. The van der Waals surface area contributed by atoms with Gasteiger partial charge in [-0.3, -0.25) is 0 Å². The molecule has 2 rings (SSSR count). The van der Waals surface area contributed by atoms with Crippen LogP contribution in [0, 0.1) is 0 Å². The van der Waals surface area contributed by atoms with E-state index in [4.69, 9.17) is 0 Å². The number of aromatic nitrogens is 1. The number of halogens is 3. The standard InChI is InChI=1S/C7H4BF3NS.K/c9-8(10,11)6-1-2-7-5(3-6)4-13-12-7;/h1-4H;/q-1;+1. The van der Waals surface area contributed by atoms with Gasteiger partial charge in [-0.15, -0.1) is 5.46 Å². The summed E-state index contributed by atoms with van der Waals surface area (Å²) in [6.07, 6.45) is 0. The average molecular weight is 241 g/mol. The molecule has 1 nitrogen and oxygen atoms in total. The Bertz CT molecular complexity index is 442. The summed E-state index contributed by atoms with van der Waals surface area (Å²) in [5, 5.41) is 2.17. The van der Waals surface area contributed by atoms with E-state index < -0.39 is 12.4 Å². The number of hydrogen-bond donors (Lipinski definition) is 0. The van der Waals surface area contributed by atoms with E-state index in [1.165, 1.54) is 6.07 Å². The van der Waals surface area contributed by atoms with Crippen molar-refractivity contribution in [2.75, 3.05) is 0 Å². The first-order valence-corrected chi connectivity index (χ1v) is 4.45. The summed E-state index contributed by atoms with van der Waals surface area (Å²) >= 11 is 1.16. The molecular weight excluding hydrogens is 237 g/mol. The second-order valence-electron chi connectivity index (χ2n) is 2.71. The van der Waals surface area contributed by atoms with Crippen LogP contribution in [-0.4, -0.2) is 11.4 Å². The van der Waals surface area contributed by atoms with Crippen LogP contribution in [0.25, 0.3) is 10.9 Å². The molecule has 14 heavy (non-hydrogen) atoms. The van der Waals surface area contributed by atoms with Gasteiger partial charge in [-0.1, -0.05) is 12.1 Å². The smallest absolute Gasteiger partial charge is 0.445 e. The van der Waals surface area contributed by atoms with Gasteiger partial charge in [0.1, 0.15) is 0 Å². The SMILES string of the molecule is F[B-](F)(F)c1ccc2nscc2c1.[K+]. The van der Waals surface area contributed by atoms with Crippen LogP contribution in [0.1, 0.15) is 0 Å². The van der Waals surface area contributed by atoms with E-state index >= 15 is 0 Å². The van der Waals surface area contributed by atoms with Crippen LogP contribution in [0.5, 0.6) is 0 Å². The maximum Gasteiger partial charge on any atom is 1.00 e. The van der Waals surface area contributed by atoms with E-state index in [1.54, 1.807) is 5.38 Å². The Labute approximate surface area is 125 Å². The van der Waals surface area contributed by atoms with Crippen LogP contribution in [0.4, 0.5) is 12.9 Å². The molecule has 1 aromatic carbocycles. The molecule has 0 saturated carbocycles. The van der Waals surface area contributed by atoms with Crippen LogP contribution in [-0.2, 0) is 0 Å². The first-order chi connectivity index (χ1) is 6.07. The molecule has 0 aliphatic rings. The van der Waals surface area contributed by atoms with E-state index in [9.17, 15) is 12.9 Å². The molecule has 0 atom stereocenters. The van der Waals surface area contributed by atoms with Gasteiger partial charge in [-0.05, 0) is 17.6 Å². The Balaban J connectivity index is 0.000000980. The minimum Gasteiger partial charge on any atom is -0.445 e. The van der Waals surface area contributed by atoms with E-state index in [0.29, 0.717) is 10.9 Å². The van der Waals surface area contributed by atoms with E-state index in [1.807, 2.05) is 0 Å². The van der Waals surface area contributed by atoms with Crippen LogP contribution >= 0.6 is 11.5 Å². The fourth-order valence-electron chi connectivity index (χ4n) is 1.09. The zero-order valence-electron chi connectivity index (χ0n) is 7.38. The third kappa shape index (κ3) is 2.59. The van der Waals surface area contributed by atoms with Crippen molar-refractivity contribution in [3.05, 3.63) is 23.6 Å². The minimum absolute atomic E-state index is 0. The van der Waals surface area contributed by atoms with Gasteiger partial charge in [-0.2, -0.15) is 4.37 Å². The largest absolute Gasteiger partial charge is 1.00 e. The van der Waals surface area contributed by atoms with Crippen molar-refractivity contribution in [3.8, 4) is 0 Å². The zero-order chi connectivity index (χ0) is 9.47. The second kappa shape index (κ2) is 4.63. The van der Waals surface area contributed by atoms with E-state index in [2.05, 4.69) is 4.37 Å². The molecule has 0 aliphatic carbocycles. The second-order valence-corrected chi connectivity index (χ2v) is 3.34. The first kappa shape index (κ1) is 12.7. The van der Waals surface area contributed by atoms with Crippen molar-refractivity contribution in [1.29, 1.82) is 0 Å². The Morgan fingerprint density at radius 2 is 1.93 bits per heavy atom. The molecule has 1 aromatic heterocycles. The molecule has 68 valence electrons. The summed E-state index contributed by atoms with van der Waals surface area (Å²) in [5.74, 6) is 0. The molecule has 0 radical (unpaired) electrons. The van der Waals surface area contributed by atoms with Crippen LogP contribution in [0.2, 0.25) is 0 Å². The Kier molecular flexibility index (Phi) is 4.19. The predicted octanol–water partition coefficient (Wildman–Crippen LogP) is -0.645. The van der Waals surface area contributed by atoms with Crippen molar-refractivity contribution < 1.29 is 64.3 Å². The Morgan fingerprint density at radius 1 is 1.21 bits per heavy atom. The van der Waals surface area contributed by atoms with Crippen molar-refractivity contribution >= 4 is 34.9 Å². The van der Waals surface area contributed by atoms with E-state index in [0.717, 1.165) is 23.7 Å². The number of nitrogens with zero attached hydrogens (tertiary/aromatic N) is 1. The fraction of sp³-hybridized carbons (Fsp3) is 0. The minimum atomic E-state index is -4.89. The summed E-state index contributed by atoms with van der Waals surface area (Å²) in [6.45, 7) is -4.89. The molecule has 0 saturated heterocycles. The maximum atomic E-state index is 12.3. The normalized spacial score (nSPS) is 11.4. The molecule has 1 heterocycles. The molecule has 0 N–H and O–H groups in total. The van der Waals surface area contributed by atoms with Gasteiger partial charge < -0.3 is 12.9 Å². The third-order valence-electron chi connectivity index (χ3n) is 1.76. The summed E-state index contributed by atoms with van der Waals surface area (Å²) < 4.78 is 40.7. The molecule has 0 unspecified atom stereocenters. The average Bonchev–Trinajstić information content (AvgIpc) is 2.47. The molecule has 0 aliphatic heterocycles. The molecule has 0 spiro atoms. The van der Waals surface area contributed by atoms with Gasteiger partial charge in [0.15, 0.2) is 0 Å². The van der Waals surface area contributed by atoms with Crippen molar-refractivity contribution in [2.24, 2.45) is 0 Å². The summed E-state index contributed by atoms with van der Waals surface area (Å²) in [5.41, 5.74) is 0.0569. The van der Waals surface area contributed by atoms with Gasteiger partial charge in [0, 0.05) is 10.8 Å². The van der Waals surface area contributed by atoms with Crippen molar-refractivity contribution in [2.45, 2.75) is 0 Å². The monoisotopic (exact) mass is 241 g/mol. The fourth-order valence-corrected chi connectivity index (χ4v) is 1.73. The Hall–Kier alpha value is 0.601. The van der Waals surface area contributed by atoms with Gasteiger partial charge in [0.2, 0.25) is 0 Å². The number of benzene rings is 1. The molecule has 2 aromatic rings. The van der Waals surface area contributed by atoms with Crippen LogP contribution < -0.4 is 56.8 Å². The number of hydrogen-bond acceptors (Lipinski definition) is 2. The van der Waals surface area contributed by atoms with Crippen LogP contribution in [0.15, 0.2) is 23.6 Å². The van der Waals surface area contributed by atoms with Gasteiger partial charge in [-0.25, -0.2) is 0 Å². The van der Waals surface area contributed by atoms with E-state index in [-0.39, 0.29) is 51.4 Å². The number of fused-ring (bicyclic) bond motifs is 1. The zero-order valence-corrected chi connectivity index (χ0v) is 11.3. The van der Waals surface area contributed by atoms with Gasteiger partial charge in [0.25, 0.3) is 0 Å². The Morgan fingerprint density at radius 3 is 2.57 bits per heavy atom.